The van der Waals surface area contributed by atoms with Crippen molar-refractivity contribution in [3.8, 4) is 17.2 Å². The van der Waals surface area contributed by atoms with Crippen molar-refractivity contribution in [3.63, 3.8) is 0 Å². The van der Waals surface area contributed by atoms with E-state index in [-0.39, 0.29) is 24.8 Å². The molecule has 0 bridgehead atoms. The van der Waals surface area contributed by atoms with Crippen LogP contribution in [0.5, 0.6) is 17.2 Å². The Kier molecular flexibility index (Phi) is 5.20. The molecule has 2 aliphatic heterocycles. The van der Waals surface area contributed by atoms with E-state index in [1.54, 1.807) is 6.07 Å². The van der Waals surface area contributed by atoms with E-state index in [1.165, 1.54) is 11.1 Å². The summed E-state index contributed by atoms with van der Waals surface area (Å²) in [6, 6.07) is 17.8. The molecule has 0 spiro atoms. The topological polar surface area (TPSA) is 63.1 Å². The quantitative estimate of drug-likeness (QED) is 0.504. The molecule has 0 saturated heterocycles. The highest BCUT2D eigenvalue weighted by Gasteiger charge is 2.29. The van der Waals surface area contributed by atoms with Crippen LogP contribution in [0.25, 0.3) is 0 Å². The third-order valence-electron chi connectivity index (χ3n) is 5.83. The molecule has 3 aromatic carbocycles. The van der Waals surface area contributed by atoms with Gasteiger partial charge in [-0.3, -0.25) is 10.3 Å². The predicted molar refractivity (Wildman–Crippen MR) is 124 cm³/mol. The van der Waals surface area contributed by atoms with Crippen molar-refractivity contribution >= 4 is 21.6 Å². The van der Waals surface area contributed by atoms with Crippen molar-refractivity contribution < 1.29 is 14.6 Å². The second-order valence-corrected chi connectivity index (χ2v) is 8.95. The Morgan fingerprint density at radius 3 is 2.65 bits per heavy atom. The van der Waals surface area contributed by atoms with Crippen molar-refractivity contribution in [2.75, 3.05) is 6.79 Å². The number of halogens is 1. The number of hydrogen-bond acceptors (Lipinski definition) is 5. The molecule has 158 valence electrons. The first kappa shape index (κ1) is 20.1. The minimum atomic E-state index is -0.224. The van der Waals surface area contributed by atoms with Gasteiger partial charge in [0.2, 0.25) is 6.79 Å². The molecule has 2 atom stereocenters. The zero-order chi connectivity index (χ0) is 21.5. The summed E-state index contributed by atoms with van der Waals surface area (Å²) in [6.45, 7) is 4.45. The number of aryl methyl sites for hydroxylation is 2. The van der Waals surface area contributed by atoms with Crippen LogP contribution in [0.3, 0.4) is 0 Å². The third-order valence-corrected chi connectivity index (χ3v) is 6.33. The molecule has 0 aromatic heterocycles. The number of benzene rings is 3. The van der Waals surface area contributed by atoms with Crippen LogP contribution in [0.1, 0.15) is 46.4 Å². The maximum atomic E-state index is 10.6. The summed E-state index contributed by atoms with van der Waals surface area (Å²) in [5, 5.41) is 14.2. The fourth-order valence-electron chi connectivity index (χ4n) is 4.25. The Labute approximate surface area is 189 Å². The molecular formula is C25H23BrN2O3. The van der Waals surface area contributed by atoms with Crippen LogP contribution in [0, 0.1) is 13.8 Å². The van der Waals surface area contributed by atoms with E-state index in [1.807, 2.05) is 30.3 Å². The monoisotopic (exact) mass is 478 g/mol. The van der Waals surface area contributed by atoms with E-state index < -0.39 is 0 Å². The second kappa shape index (κ2) is 8.02. The van der Waals surface area contributed by atoms with Crippen molar-refractivity contribution in [2.45, 2.75) is 32.5 Å². The lowest BCUT2D eigenvalue weighted by atomic mass is 9.92. The number of phenols is 1. The lowest BCUT2D eigenvalue weighted by Crippen LogP contribution is -2.33. The standard InChI is InChI=1S/C25H23BrN2O3/c1-14-3-6-18(15(2)9-14)25-27-20(16-4-8-23-24(10-16)31-13-30-23)12-21(28-25)19-11-17(26)5-7-22(19)29/h3-11,21,25,28-29H,12-13H2,1-2H3/t21-,25-/m0/s1. The number of ether oxygens (including phenoxy) is 2. The first-order chi connectivity index (χ1) is 15.0. The molecule has 0 fully saturated rings. The summed E-state index contributed by atoms with van der Waals surface area (Å²) in [5.41, 5.74) is 6.34. The molecule has 2 aliphatic rings. The lowest BCUT2D eigenvalue weighted by molar-refractivity contribution is 0.174. The van der Waals surface area contributed by atoms with Crippen molar-refractivity contribution in [3.05, 3.63) is 86.9 Å². The van der Waals surface area contributed by atoms with Gasteiger partial charge in [0.05, 0.1) is 0 Å². The van der Waals surface area contributed by atoms with Crippen LogP contribution >= 0.6 is 15.9 Å². The van der Waals surface area contributed by atoms with Crippen LogP contribution in [-0.4, -0.2) is 17.6 Å². The normalized spacial score (nSPS) is 19.9. The fraction of sp³-hybridized carbons (Fsp3) is 0.240. The molecule has 0 amide bonds. The molecule has 2 heterocycles. The maximum absolute atomic E-state index is 10.6. The minimum Gasteiger partial charge on any atom is -0.508 e. The Balaban J connectivity index is 1.59. The fourth-order valence-corrected chi connectivity index (χ4v) is 4.63. The summed E-state index contributed by atoms with van der Waals surface area (Å²) < 4.78 is 12.0. The van der Waals surface area contributed by atoms with E-state index >= 15 is 0 Å². The van der Waals surface area contributed by atoms with Gasteiger partial charge in [-0.05, 0) is 66.9 Å². The van der Waals surface area contributed by atoms with Gasteiger partial charge >= 0.3 is 0 Å². The molecule has 5 nitrogen and oxygen atoms in total. The van der Waals surface area contributed by atoms with Gasteiger partial charge in [0.15, 0.2) is 11.5 Å². The highest BCUT2D eigenvalue weighted by molar-refractivity contribution is 9.10. The minimum absolute atomic E-state index is 0.0962. The summed E-state index contributed by atoms with van der Waals surface area (Å²) in [6.07, 6.45) is 0.420. The zero-order valence-electron chi connectivity index (χ0n) is 17.4. The van der Waals surface area contributed by atoms with E-state index in [4.69, 9.17) is 14.5 Å². The first-order valence-electron chi connectivity index (χ1n) is 10.3. The van der Waals surface area contributed by atoms with Gasteiger partial charge in [0.1, 0.15) is 11.9 Å². The maximum Gasteiger partial charge on any atom is 0.231 e. The van der Waals surface area contributed by atoms with Gasteiger partial charge in [-0.25, -0.2) is 0 Å². The number of fused-ring (bicyclic) bond motifs is 1. The predicted octanol–water partition coefficient (Wildman–Crippen LogP) is 5.72. The molecule has 0 unspecified atom stereocenters. The average Bonchev–Trinajstić information content (AvgIpc) is 3.23. The number of nitrogens with zero attached hydrogens (tertiary/aromatic N) is 1. The molecular weight excluding hydrogens is 456 g/mol. The van der Waals surface area contributed by atoms with Crippen LogP contribution < -0.4 is 14.8 Å². The Morgan fingerprint density at radius 2 is 1.81 bits per heavy atom. The van der Waals surface area contributed by atoms with Gasteiger partial charge < -0.3 is 14.6 Å². The average molecular weight is 479 g/mol. The third kappa shape index (κ3) is 3.93. The highest BCUT2D eigenvalue weighted by Crippen LogP contribution is 2.38. The number of aliphatic imine (C=N–C) groups is 1. The highest BCUT2D eigenvalue weighted by atomic mass is 79.9. The molecule has 2 N–H and O–H groups in total. The van der Waals surface area contributed by atoms with Crippen molar-refractivity contribution in [1.82, 2.24) is 5.32 Å². The van der Waals surface area contributed by atoms with E-state index in [2.05, 4.69) is 53.3 Å². The largest absolute Gasteiger partial charge is 0.508 e. The first-order valence-corrected chi connectivity index (χ1v) is 11.1. The van der Waals surface area contributed by atoms with Crippen molar-refractivity contribution in [2.24, 2.45) is 4.99 Å². The van der Waals surface area contributed by atoms with Gasteiger partial charge in [-0.1, -0.05) is 39.7 Å². The Hall–Kier alpha value is -2.83. The van der Waals surface area contributed by atoms with E-state index in [0.717, 1.165) is 38.4 Å². The van der Waals surface area contributed by atoms with Gasteiger partial charge in [0.25, 0.3) is 0 Å². The molecule has 0 radical (unpaired) electrons. The van der Waals surface area contributed by atoms with Gasteiger partial charge in [-0.2, -0.15) is 0 Å². The Morgan fingerprint density at radius 1 is 0.968 bits per heavy atom. The van der Waals surface area contributed by atoms with Crippen LogP contribution in [0.15, 0.2) is 64.1 Å². The number of aromatic hydroxyl groups is 1. The molecule has 6 heteroatoms. The smallest absolute Gasteiger partial charge is 0.231 e. The Bertz CT molecular complexity index is 1190. The van der Waals surface area contributed by atoms with Gasteiger partial charge in [0, 0.05) is 28.2 Å². The van der Waals surface area contributed by atoms with Crippen LogP contribution in [-0.2, 0) is 0 Å². The summed E-state index contributed by atoms with van der Waals surface area (Å²) >= 11 is 3.54. The van der Waals surface area contributed by atoms with Crippen molar-refractivity contribution in [1.29, 1.82) is 0 Å². The molecule has 5 rings (SSSR count). The summed E-state index contributed by atoms with van der Waals surface area (Å²) in [4.78, 5) is 5.08. The molecule has 31 heavy (non-hydrogen) atoms. The van der Waals surface area contributed by atoms with E-state index in [0.29, 0.717) is 6.42 Å². The number of nitrogens with one attached hydrogen (secondary N) is 1. The number of phenolic OH excluding ortho intramolecular Hbond substituents is 1. The lowest BCUT2D eigenvalue weighted by Gasteiger charge is -2.31. The molecule has 0 saturated carbocycles. The van der Waals surface area contributed by atoms with Crippen LogP contribution in [0.4, 0.5) is 0 Å². The SMILES string of the molecule is Cc1ccc([C@H]2N=C(c3ccc4c(c3)OCO4)C[C@@H](c3cc(Br)ccc3O)N2)c(C)c1. The molecule has 3 aromatic rings. The van der Waals surface area contributed by atoms with E-state index in [9.17, 15) is 5.11 Å². The number of rotatable bonds is 3. The number of hydrogen-bond donors (Lipinski definition) is 2. The van der Waals surface area contributed by atoms with Crippen LogP contribution in [0.2, 0.25) is 0 Å². The van der Waals surface area contributed by atoms with Gasteiger partial charge in [-0.15, -0.1) is 0 Å². The zero-order valence-corrected chi connectivity index (χ0v) is 18.9. The molecule has 0 aliphatic carbocycles. The summed E-state index contributed by atoms with van der Waals surface area (Å²) in [5.74, 6) is 1.76. The summed E-state index contributed by atoms with van der Waals surface area (Å²) in [7, 11) is 0. The second-order valence-electron chi connectivity index (χ2n) is 8.03.